The second-order valence-electron chi connectivity index (χ2n) is 5.68. The van der Waals surface area contributed by atoms with E-state index in [1.165, 1.54) is 0 Å². The molecule has 0 aliphatic carbocycles. The Balaban J connectivity index is 1.67. The highest BCUT2D eigenvalue weighted by Gasteiger charge is 2.11. The summed E-state index contributed by atoms with van der Waals surface area (Å²) in [6, 6.07) is 9.48. The van der Waals surface area contributed by atoms with Gasteiger partial charge in [-0.2, -0.15) is 10.4 Å². The van der Waals surface area contributed by atoms with Crippen LogP contribution in [0.2, 0.25) is 0 Å². The second kappa shape index (κ2) is 7.98. The third-order valence-electron chi connectivity index (χ3n) is 3.60. The van der Waals surface area contributed by atoms with E-state index in [2.05, 4.69) is 36.9 Å². The first-order valence-corrected chi connectivity index (χ1v) is 8.13. The zero-order valence-corrected chi connectivity index (χ0v) is 14.6. The molecule has 3 heterocycles. The molecule has 3 rings (SSSR count). The van der Waals surface area contributed by atoms with Gasteiger partial charge in [0.2, 0.25) is 0 Å². The fraction of sp³-hybridized carbons (Fsp3) is 0.222. The number of ether oxygens (including phenoxy) is 1. The smallest absolute Gasteiger partial charge is 0.153 e. The molecule has 0 radical (unpaired) electrons. The van der Waals surface area contributed by atoms with Crippen molar-refractivity contribution in [2.75, 3.05) is 23.8 Å². The Hall–Kier alpha value is -3.60. The number of nitriles is 1. The molecule has 3 aromatic rings. The number of nitrogens with one attached hydrogen (secondary N) is 3. The summed E-state index contributed by atoms with van der Waals surface area (Å²) in [4.78, 5) is 8.43. The second-order valence-corrected chi connectivity index (χ2v) is 5.68. The predicted octanol–water partition coefficient (Wildman–Crippen LogP) is 2.92. The molecule has 0 aromatic carbocycles. The van der Waals surface area contributed by atoms with Crippen LogP contribution >= 0.6 is 0 Å². The van der Waals surface area contributed by atoms with Crippen molar-refractivity contribution < 1.29 is 4.74 Å². The van der Waals surface area contributed by atoms with Gasteiger partial charge in [0.05, 0.1) is 12.1 Å². The molecule has 0 atom stereocenters. The van der Waals surface area contributed by atoms with E-state index in [1.807, 2.05) is 26.0 Å². The molecule has 0 amide bonds. The molecule has 0 unspecified atom stereocenters. The first kappa shape index (κ1) is 17.2. The quantitative estimate of drug-likeness (QED) is 0.562. The molecule has 0 aliphatic rings. The van der Waals surface area contributed by atoms with E-state index in [1.54, 1.807) is 24.5 Å². The molecule has 132 valence electrons. The van der Waals surface area contributed by atoms with Crippen molar-refractivity contribution in [1.82, 2.24) is 20.2 Å². The molecule has 0 saturated heterocycles. The summed E-state index contributed by atoms with van der Waals surface area (Å²) >= 11 is 0. The van der Waals surface area contributed by atoms with Crippen LogP contribution in [0.4, 0.5) is 17.5 Å². The summed E-state index contributed by atoms with van der Waals surface area (Å²) in [5.74, 6) is 2.55. The Morgan fingerprint density at radius 3 is 2.69 bits per heavy atom. The van der Waals surface area contributed by atoms with Crippen LogP contribution in [-0.4, -0.2) is 33.3 Å². The van der Waals surface area contributed by atoms with Gasteiger partial charge in [0.15, 0.2) is 5.82 Å². The van der Waals surface area contributed by atoms with Crippen LogP contribution < -0.4 is 15.4 Å². The zero-order valence-electron chi connectivity index (χ0n) is 14.6. The lowest BCUT2D eigenvalue weighted by atomic mass is 10.1. The van der Waals surface area contributed by atoms with Crippen molar-refractivity contribution in [1.29, 1.82) is 5.26 Å². The van der Waals surface area contributed by atoms with Crippen molar-refractivity contribution in [3.63, 3.8) is 0 Å². The summed E-state index contributed by atoms with van der Waals surface area (Å²) < 4.78 is 5.62. The van der Waals surface area contributed by atoms with Crippen LogP contribution in [0.1, 0.15) is 16.8 Å². The van der Waals surface area contributed by atoms with Gasteiger partial charge in [0, 0.05) is 24.2 Å². The van der Waals surface area contributed by atoms with Gasteiger partial charge >= 0.3 is 0 Å². The van der Waals surface area contributed by atoms with E-state index in [4.69, 9.17) is 4.74 Å². The van der Waals surface area contributed by atoms with Crippen LogP contribution in [0.25, 0.3) is 0 Å². The summed E-state index contributed by atoms with van der Waals surface area (Å²) in [6.07, 6.45) is 3.35. The topological polar surface area (TPSA) is 112 Å². The van der Waals surface area contributed by atoms with Crippen molar-refractivity contribution >= 4 is 17.5 Å². The highest BCUT2D eigenvalue weighted by atomic mass is 16.5. The molecule has 0 spiro atoms. The standard InChI is InChI=1S/C18H19N7O/c1-12-9-16(22-17-10-13(2)24-25-17)23-18(15(12)11-19)21-7-8-26-14-3-5-20-6-4-14/h3-6,9-10H,7-8H2,1-2H3,(H3,21,22,23,24,25). The Kier molecular flexibility index (Phi) is 5.29. The SMILES string of the molecule is Cc1cc(Nc2cc(C)c(C#N)c(NCCOc3ccncc3)n2)n[nH]1. The van der Waals surface area contributed by atoms with Gasteiger partial charge in [-0.25, -0.2) is 4.98 Å². The molecule has 0 aliphatic heterocycles. The van der Waals surface area contributed by atoms with Gasteiger partial charge in [0.25, 0.3) is 0 Å². The maximum atomic E-state index is 9.41. The summed E-state index contributed by atoms with van der Waals surface area (Å²) in [6.45, 7) is 4.74. The van der Waals surface area contributed by atoms with E-state index >= 15 is 0 Å². The lowest BCUT2D eigenvalue weighted by molar-refractivity contribution is 0.332. The fourth-order valence-corrected chi connectivity index (χ4v) is 2.39. The Bertz CT molecular complexity index is 915. The molecule has 8 nitrogen and oxygen atoms in total. The minimum atomic E-state index is 0.436. The molecular formula is C18H19N7O. The van der Waals surface area contributed by atoms with Crippen molar-refractivity contribution in [3.8, 4) is 11.8 Å². The summed E-state index contributed by atoms with van der Waals surface area (Å²) in [5, 5.41) is 22.7. The number of rotatable bonds is 7. The van der Waals surface area contributed by atoms with Crippen molar-refractivity contribution in [2.24, 2.45) is 0 Å². The molecule has 0 saturated carbocycles. The van der Waals surface area contributed by atoms with Gasteiger partial charge in [-0.3, -0.25) is 10.1 Å². The minimum absolute atomic E-state index is 0.436. The van der Waals surface area contributed by atoms with Crippen LogP contribution in [-0.2, 0) is 0 Å². The average Bonchev–Trinajstić information content (AvgIpc) is 3.04. The molecule has 0 bridgehead atoms. The maximum absolute atomic E-state index is 9.41. The Morgan fingerprint density at radius 2 is 2.00 bits per heavy atom. The first-order chi connectivity index (χ1) is 12.7. The van der Waals surface area contributed by atoms with Crippen molar-refractivity contribution in [3.05, 3.63) is 53.5 Å². The number of hydrogen-bond donors (Lipinski definition) is 3. The van der Waals surface area contributed by atoms with Gasteiger partial charge < -0.3 is 15.4 Å². The van der Waals surface area contributed by atoms with E-state index in [-0.39, 0.29) is 0 Å². The minimum Gasteiger partial charge on any atom is -0.492 e. The van der Waals surface area contributed by atoms with Crippen LogP contribution in [0.3, 0.4) is 0 Å². The Labute approximate surface area is 151 Å². The number of aryl methyl sites for hydroxylation is 2. The molecule has 3 aromatic heterocycles. The van der Waals surface area contributed by atoms with Crippen LogP contribution in [0.15, 0.2) is 36.7 Å². The Morgan fingerprint density at radius 1 is 1.19 bits per heavy atom. The molecule has 8 heteroatoms. The largest absolute Gasteiger partial charge is 0.492 e. The molecule has 0 fully saturated rings. The molecular weight excluding hydrogens is 330 g/mol. The highest BCUT2D eigenvalue weighted by Crippen LogP contribution is 2.22. The average molecular weight is 349 g/mol. The van der Waals surface area contributed by atoms with Gasteiger partial charge in [-0.1, -0.05) is 0 Å². The van der Waals surface area contributed by atoms with Crippen LogP contribution in [0, 0.1) is 25.2 Å². The van der Waals surface area contributed by atoms with E-state index < -0.39 is 0 Å². The summed E-state index contributed by atoms with van der Waals surface area (Å²) in [7, 11) is 0. The number of hydrogen-bond acceptors (Lipinski definition) is 7. The fourth-order valence-electron chi connectivity index (χ4n) is 2.39. The van der Waals surface area contributed by atoms with Gasteiger partial charge in [0.1, 0.15) is 30.1 Å². The molecule has 26 heavy (non-hydrogen) atoms. The number of aromatic amines is 1. The van der Waals surface area contributed by atoms with E-state index in [0.29, 0.717) is 36.2 Å². The van der Waals surface area contributed by atoms with E-state index in [0.717, 1.165) is 17.0 Å². The number of nitrogens with zero attached hydrogens (tertiary/aromatic N) is 4. The van der Waals surface area contributed by atoms with Gasteiger partial charge in [-0.05, 0) is 37.6 Å². The van der Waals surface area contributed by atoms with Gasteiger partial charge in [-0.15, -0.1) is 0 Å². The lowest BCUT2D eigenvalue weighted by Crippen LogP contribution is -2.14. The summed E-state index contributed by atoms with van der Waals surface area (Å²) in [5.41, 5.74) is 2.29. The maximum Gasteiger partial charge on any atom is 0.153 e. The van der Waals surface area contributed by atoms with Crippen molar-refractivity contribution in [2.45, 2.75) is 13.8 Å². The zero-order chi connectivity index (χ0) is 18.4. The number of anilines is 3. The lowest BCUT2D eigenvalue weighted by Gasteiger charge is -2.12. The number of aromatic nitrogens is 4. The predicted molar refractivity (Wildman–Crippen MR) is 98.5 cm³/mol. The van der Waals surface area contributed by atoms with Crippen LogP contribution in [0.5, 0.6) is 5.75 Å². The number of H-pyrrole nitrogens is 1. The van der Waals surface area contributed by atoms with E-state index in [9.17, 15) is 5.26 Å². The third kappa shape index (κ3) is 4.27. The molecule has 3 N–H and O–H groups in total. The number of pyridine rings is 2. The first-order valence-electron chi connectivity index (χ1n) is 8.13. The monoisotopic (exact) mass is 349 g/mol. The third-order valence-corrected chi connectivity index (χ3v) is 3.60. The normalized spacial score (nSPS) is 10.2. The highest BCUT2D eigenvalue weighted by molar-refractivity contribution is 5.63.